The Morgan fingerprint density at radius 3 is 2.74 bits per heavy atom. The van der Waals surface area contributed by atoms with Crippen LogP contribution in [0.2, 0.25) is 5.02 Å². The summed E-state index contributed by atoms with van der Waals surface area (Å²) < 4.78 is 5.75. The third kappa shape index (κ3) is 3.95. The van der Waals surface area contributed by atoms with Crippen LogP contribution in [0.3, 0.4) is 0 Å². The Hall–Kier alpha value is -0.570. The number of ether oxygens (including phenoxy) is 1. The number of halogens is 1. The van der Waals surface area contributed by atoms with Gasteiger partial charge in [-0.25, -0.2) is 0 Å². The third-order valence-electron chi connectivity index (χ3n) is 4.09. The number of aryl methyl sites for hydroxylation is 2. The van der Waals surface area contributed by atoms with E-state index >= 15 is 0 Å². The maximum atomic E-state index is 6.31. The largest absolute Gasteiger partial charge is 0.378 e. The van der Waals surface area contributed by atoms with E-state index < -0.39 is 0 Å². The van der Waals surface area contributed by atoms with E-state index in [4.69, 9.17) is 22.1 Å². The molecule has 2 nitrogen and oxygen atoms in total. The quantitative estimate of drug-likeness (QED) is 0.893. The molecular formula is C16H24ClNO. The van der Waals surface area contributed by atoms with Crippen molar-refractivity contribution in [3.63, 3.8) is 0 Å². The van der Waals surface area contributed by atoms with Gasteiger partial charge in [0.25, 0.3) is 0 Å². The monoisotopic (exact) mass is 281 g/mol. The van der Waals surface area contributed by atoms with Crippen molar-refractivity contribution in [3.8, 4) is 0 Å². The zero-order chi connectivity index (χ0) is 13.8. The van der Waals surface area contributed by atoms with Crippen LogP contribution in [-0.4, -0.2) is 12.7 Å². The zero-order valence-electron chi connectivity index (χ0n) is 11.9. The van der Waals surface area contributed by atoms with Gasteiger partial charge in [-0.05, 0) is 68.7 Å². The van der Waals surface area contributed by atoms with E-state index in [1.807, 2.05) is 6.07 Å². The number of nitrogens with two attached hydrogens (primary N) is 1. The van der Waals surface area contributed by atoms with Crippen molar-refractivity contribution in [2.75, 3.05) is 6.61 Å². The van der Waals surface area contributed by atoms with Crippen LogP contribution in [0.1, 0.15) is 54.8 Å². The smallest absolute Gasteiger partial charge is 0.0575 e. The summed E-state index contributed by atoms with van der Waals surface area (Å²) in [5, 5.41) is 0.792. The molecular weight excluding hydrogens is 258 g/mol. The lowest BCUT2D eigenvalue weighted by Gasteiger charge is -2.24. The van der Waals surface area contributed by atoms with Crippen LogP contribution in [0.5, 0.6) is 0 Å². The highest BCUT2D eigenvalue weighted by Gasteiger charge is 2.17. The van der Waals surface area contributed by atoms with Crippen molar-refractivity contribution >= 4 is 11.6 Å². The topological polar surface area (TPSA) is 35.2 Å². The van der Waals surface area contributed by atoms with Gasteiger partial charge in [-0.1, -0.05) is 17.7 Å². The summed E-state index contributed by atoms with van der Waals surface area (Å²) in [5.74, 6) is 0. The lowest BCUT2D eigenvalue weighted by molar-refractivity contribution is 0.00912. The van der Waals surface area contributed by atoms with Gasteiger partial charge < -0.3 is 10.5 Å². The molecule has 0 spiro atoms. The van der Waals surface area contributed by atoms with E-state index in [1.165, 1.54) is 30.4 Å². The standard InChI is InChI=1S/C16H24ClNO/c1-11-9-14(15(17)10-12(11)2)16(18)7-6-13-5-3-4-8-19-13/h9-10,13,16H,3-8,18H2,1-2H3. The Morgan fingerprint density at radius 2 is 2.05 bits per heavy atom. The molecule has 0 amide bonds. The average Bonchev–Trinajstić information content (AvgIpc) is 2.41. The highest BCUT2D eigenvalue weighted by molar-refractivity contribution is 6.31. The molecule has 2 rings (SSSR count). The molecule has 1 heterocycles. The molecule has 3 heteroatoms. The lowest BCUT2D eigenvalue weighted by atomic mass is 9.95. The van der Waals surface area contributed by atoms with Crippen LogP contribution < -0.4 is 5.73 Å². The van der Waals surface area contributed by atoms with Crippen LogP contribution >= 0.6 is 11.6 Å². The molecule has 106 valence electrons. The number of hydrogen-bond acceptors (Lipinski definition) is 2. The van der Waals surface area contributed by atoms with E-state index in [9.17, 15) is 0 Å². The van der Waals surface area contributed by atoms with Gasteiger partial charge >= 0.3 is 0 Å². The van der Waals surface area contributed by atoms with Crippen molar-refractivity contribution in [3.05, 3.63) is 33.8 Å². The Bertz CT molecular complexity index is 427. The van der Waals surface area contributed by atoms with Gasteiger partial charge in [0.2, 0.25) is 0 Å². The molecule has 1 aliphatic heterocycles. The minimum Gasteiger partial charge on any atom is -0.378 e. The van der Waals surface area contributed by atoms with Gasteiger partial charge in [-0.3, -0.25) is 0 Å². The summed E-state index contributed by atoms with van der Waals surface area (Å²) in [6, 6.07) is 4.16. The second kappa shape index (κ2) is 6.74. The highest BCUT2D eigenvalue weighted by atomic mass is 35.5. The van der Waals surface area contributed by atoms with E-state index in [1.54, 1.807) is 0 Å². The van der Waals surface area contributed by atoms with Crippen LogP contribution in [0.4, 0.5) is 0 Å². The average molecular weight is 282 g/mol. The first-order chi connectivity index (χ1) is 9.08. The Balaban J connectivity index is 1.95. The van der Waals surface area contributed by atoms with Crippen molar-refractivity contribution in [2.45, 2.75) is 58.1 Å². The predicted octanol–water partition coefficient (Wildman–Crippen LogP) is 4.31. The van der Waals surface area contributed by atoms with Crippen LogP contribution in [0, 0.1) is 13.8 Å². The fourth-order valence-corrected chi connectivity index (χ4v) is 3.00. The SMILES string of the molecule is Cc1cc(Cl)c(C(N)CCC2CCCCO2)cc1C. The molecule has 1 saturated heterocycles. The Morgan fingerprint density at radius 1 is 1.32 bits per heavy atom. The minimum atomic E-state index is 0.0114. The van der Waals surface area contributed by atoms with Crippen LogP contribution in [0.25, 0.3) is 0 Å². The van der Waals surface area contributed by atoms with E-state index in [0.717, 1.165) is 30.0 Å². The molecule has 2 atom stereocenters. The molecule has 1 aromatic carbocycles. The van der Waals surface area contributed by atoms with Gasteiger partial charge in [0, 0.05) is 17.7 Å². The summed E-state index contributed by atoms with van der Waals surface area (Å²) in [4.78, 5) is 0. The van der Waals surface area contributed by atoms with Crippen molar-refractivity contribution in [2.24, 2.45) is 5.73 Å². The molecule has 1 aliphatic rings. The fraction of sp³-hybridized carbons (Fsp3) is 0.625. The molecule has 19 heavy (non-hydrogen) atoms. The van der Waals surface area contributed by atoms with Gasteiger partial charge in [-0.15, -0.1) is 0 Å². The maximum Gasteiger partial charge on any atom is 0.0575 e. The van der Waals surface area contributed by atoms with Gasteiger partial charge in [0.05, 0.1) is 6.10 Å². The number of benzene rings is 1. The second-order valence-corrected chi connectivity index (χ2v) is 6.04. The van der Waals surface area contributed by atoms with Crippen molar-refractivity contribution < 1.29 is 4.74 Å². The second-order valence-electron chi connectivity index (χ2n) is 5.63. The normalized spacial score (nSPS) is 21.4. The van der Waals surface area contributed by atoms with E-state index in [0.29, 0.717) is 6.10 Å². The van der Waals surface area contributed by atoms with Crippen molar-refractivity contribution in [1.82, 2.24) is 0 Å². The molecule has 0 aromatic heterocycles. The Kier molecular flexibility index (Phi) is 5.26. The first-order valence-electron chi connectivity index (χ1n) is 7.21. The van der Waals surface area contributed by atoms with E-state index in [2.05, 4.69) is 19.9 Å². The molecule has 2 N–H and O–H groups in total. The number of hydrogen-bond donors (Lipinski definition) is 1. The molecule has 0 saturated carbocycles. The van der Waals surface area contributed by atoms with Crippen LogP contribution in [0.15, 0.2) is 12.1 Å². The van der Waals surface area contributed by atoms with Gasteiger partial charge in [0.15, 0.2) is 0 Å². The van der Waals surface area contributed by atoms with Gasteiger partial charge in [0.1, 0.15) is 0 Å². The highest BCUT2D eigenvalue weighted by Crippen LogP contribution is 2.29. The first-order valence-corrected chi connectivity index (χ1v) is 7.59. The summed E-state index contributed by atoms with van der Waals surface area (Å²) in [6.45, 7) is 5.09. The summed E-state index contributed by atoms with van der Waals surface area (Å²) in [5.41, 5.74) is 9.83. The minimum absolute atomic E-state index is 0.0114. The predicted molar refractivity (Wildman–Crippen MR) is 80.7 cm³/mol. The van der Waals surface area contributed by atoms with Crippen LogP contribution in [-0.2, 0) is 4.74 Å². The molecule has 0 aliphatic carbocycles. The lowest BCUT2D eigenvalue weighted by Crippen LogP contribution is -2.21. The summed E-state index contributed by atoms with van der Waals surface area (Å²) in [7, 11) is 0. The molecule has 0 bridgehead atoms. The number of rotatable bonds is 4. The Labute approximate surface area is 121 Å². The zero-order valence-corrected chi connectivity index (χ0v) is 12.7. The fourth-order valence-electron chi connectivity index (χ4n) is 2.64. The van der Waals surface area contributed by atoms with E-state index in [-0.39, 0.29) is 6.04 Å². The molecule has 1 aromatic rings. The van der Waals surface area contributed by atoms with Gasteiger partial charge in [-0.2, -0.15) is 0 Å². The first kappa shape index (κ1) is 14.8. The maximum absolute atomic E-state index is 6.31. The summed E-state index contributed by atoms with van der Waals surface area (Å²) >= 11 is 6.31. The summed E-state index contributed by atoms with van der Waals surface area (Å²) in [6.07, 6.45) is 6.02. The molecule has 1 fully saturated rings. The third-order valence-corrected chi connectivity index (χ3v) is 4.41. The molecule has 0 radical (unpaired) electrons. The molecule has 2 unspecified atom stereocenters. The van der Waals surface area contributed by atoms with Crippen molar-refractivity contribution in [1.29, 1.82) is 0 Å².